The van der Waals surface area contributed by atoms with Gasteiger partial charge in [0.25, 0.3) is 0 Å². The zero-order chi connectivity index (χ0) is 13.7. The van der Waals surface area contributed by atoms with Crippen molar-refractivity contribution < 1.29 is 19.4 Å². The number of carbonyl (C=O) groups excluding carboxylic acids is 1. The first-order chi connectivity index (χ1) is 8.38. The van der Waals surface area contributed by atoms with Crippen molar-refractivity contribution in [2.75, 3.05) is 11.9 Å². The Morgan fingerprint density at radius 3 is 2.61 bits per heavy atom. The summed E-state index contributed by atoms with van der Waals surface area (Å²) in [6.45, 7) is 3.54. The molecule has 2 N–H and O–H groups in total. The largest absolute Gasteiger partial charge is 0.478 e. The van der Waals surface area contributed by atoms with Crippen molar-refractivity contribution >= 4 is 29.2 Å². The van der Waals surface area contributed by atoms with Gasteiger partial charge in [0.1, 0.15) is 6.61 Å². The van der Waals surface area contributed by atoms with Crippen LogP contribution in [-0.2, 0) is 9.53 Å². The van der Waals surface area contributed by atoms with Crippen LogP contribution >= 0.6 is 11.6 Å². The van der Waals surface area contributed by atoms with Crippen molar-refractivity contribution in [3.05, 3.63) is 28.8 Å². The lowest BCUT2D eigenvalue weighted by Crippen LogP contribution is -2.20. The third-order valence-electron chi connectivity index (χ3n) is 1.98. The summed E-state index contributed by atoms with van der Waals surface area (Å²) in [6.07, 6.45) is -0.0512. The highest BCUT2D eigenvalue weighted by Gasteiger charge is 2.09. The number of hydrogen-bond acceptors (Lipinski definition) is 3. The van der Waals surface area contributed by atoms with E-state index in [0.29, 0.717) is 5.69 Å². The fourth-order valence-corrected chi connectivity index (χ4v) is 1.46. The van der Waals surface area contributed by atoms with E-state index in [2.05, 4.69) is 5.32 Å². The van der Waals surface area contributed by atoms with Crippen LogP contribution in [0.5, 0.6) is 0 Å². The summed E-state index contributed by atoms with van der Waals surface area (Å²) in [4.78, 5) is 22.3. The number of halogens is 1. The van der Waals surface area contributed by atoms with E-state index in [9.17, 15) is 9.59 Å². The van der Waals surface area contributed by atoms with E-state index in [-0.39, 0.29) is 29.2 Å². The maximum Gasteiger partial charge on any atom is 0.335 e. The molecule has 0 aliphatic carbocycles. The number of carboxylic acids is 1. The Hall–Kier alpha value is -1.59. The molecule has 1 aromatic rings. The van der Waals surface area contributed by atoms with Gasteiger partial charge in [-0.25, -0.2) is 4.79 Å². The molecule has 0 unspecified atom stereocenters. The van der Waals surface area contributed by atoms with Gasteiger partial charge in [0.15, 0.2) is 0 Å². The molecular formula is C12H14ClNO4. The van der Waals surface area contributed by atoms with Crippen LogP contribution in [0.4, 0.5) is 5.69 Å². The number of anilines is 1. The summed E-state index contributed by atoms with van der Waals surface area (Å²) in [7, 11) is 0. The van der Waals surface area contributed by atoms with Crippen LogP contribution in [0.3, 0.4) is 0 Å². The maximum absolute atomic E-state index is 11.5. The van der Waals surface area contributed by atoms with Crippen molar-refractivity contribution in [2.45, 2.75) is 20.0 Å². The van der Waals surface area contributed by atoms with Crippen LogP contribution in [0.2, 0.25) is 5.02 Å². The minimum Gasteiger partial charge on any atom is -0.478 e. The molecule has 98 valence electrons. The molecule has 0 heterocycles. The van der Waals surface area contributed by atoms with Gasteiger partial charge in [-0.15, -0.1) is 0 Å². The molecule has 0 fully saturated rings. The van der Waals surface area contributed by atoms with Gasteiger partial charge in [-0.3, -0.25) is 4.79 Å². The molecule has 0 bridgehead atoms. The van der Waals surface area contributed by atoms with E-state index in [1.807, 2.05) is 13.8 Å². The SMILES string of the molecule is CC(C)OCC(=O)Nc1cc(Cl)cc(C(=O)O)c1. The number of amides is 1. The van der Waals surface area contributed by atoms with E-state index in [1.54, 1.807) is 0 Å². The lowest BCUT2D eigenvalue weighted by Gasteiger charge is -2.09. The quantitative estimate of drug-likeness (QED) is 0.862. The van der Waals surface area contributed by atoms with Crippen molar-refractivity contribution in [1.29, 1.82) is 0 Å². The summed E-state index contributed by atoms with van der Waals surface area (Å²) in [5, 5.41) is 11.6. The van der Waals surface area contributed by atoms with Gasteiger partial charge in [-0.1, -0.05) is 11.6 Å². The van der Waals surface area contributed by atoms with Gasteiger partial charge < -0.3 is 15.2 Å². The minimum atomic E-state index is -1.11. The van der Waals surface area contributed by atoms with Crippen LogP contribution in [0.1, 0.15) is 24.2 Å². The topological polar surface area (TPSA) is 75.6 Å². The van der Waals surface area contributed by atoms with Gasteiger partial charge in [0.2, 0.25) is 5.91 Å². The number of hydrogen-bond donors (Lipinski definition) is 2. The third kappa shape index (κ3) is 4.73. The summed E-state index contributed by atoms with van der Waals surface area (Å²) in [5.41, 5.74) is 0.347. The highest BCUT2D eigenvalue weighted by atomic mass is 35.5. The molecule has 0 spiro atoms. The van der Waals surface area contributed by atoms with Crippen LogP contribution in [0.25, 0.3) is 0 Å². The summed E-state index contributed by atoms with van der Waals surface area (Å²) >= 11 is 5.76. The average Bonchev–Trinajstić information content (AvgIpc) is 2.25. The molecule has 1 aromatic carbocycles. The molecule has 0 aliphatic heterocycles. The third-order valence-corrected chi connectivity index (χ3v) is 2.19. The van der Waals surface area contributed by atoms with Gasteiger partial charge >= 0.3 is 5.97 Å². The lowest BCUT2D eigenvalue weighted by molar-refractivity contribution is -0.121. The normalized spacial score (nSPS) is 10.4. The Balaban J connectivity index is 2.72. The van der Waals surface area contributed by atoms with Crippen LogP contribution in [0.15, 0.2) is 18.2 Å². The highest BCUT2D eigenvalue weighted by Crippen LogP contribution is 2.19. The van der Waals surface area contributed by atoms with Crippen LogP contribution in [-0.4, -0.2) is 29.7 Å². The first-order valence-electron chi connectivity index (χ1n) is 5.34. The molecule has 6 heteroatoms. The van der Waals surface area contributed by atoms with Crippen molar-refractivity contribution in [2.24, 2.45) is 0 Å². The zero-order valence-corrected chi connectivity index (χ0v) is 10.8. The fourth-order valence-electron chi connectivity index (χ4n) is 1.22. The predicted molar refractivity (Wildman–Crippen MR) is 68.1 cm³/mol. The monoisotopic (exact) mass is 271 g/mol. The summed E-state index contributed by atoms with van der Waals surface area (Å²) in [6, 6.07) is 4.12. The number of ether oxygens (including phenoxy) is 1. The molecule has 0 radical (unpaired) electrons. The molecule has 0 saturated heterocycles. The van der Waals surface area contributed by atoms with Gasteiger partial charge in [-0.2, -0.15) is 0 Å². The van der Waals surface area contributed by atoms with E-state index in [1.165, 1.54) is 18.2 Å². The Morgan fingerprint density at radius 2 is 2.06 bits per heavy atom. The van der Waals surface area contributed by atoms with Crippen molar-refractivity contribution in [3.63, 3.8) is 0 Å². The smallest absolute Gasteiger partial charge is 0.335 e. The van der Waals surface area contributed by atoms with Crippen LogP contribution in [0, 0.1) is 0 Å². The first kappa shape index (κ1) is 14.5. The number of carboxylic acid groups (broad SMARTS) is 1. The molecule has 0 aromatic heterocycles. The second-order valence-corrected chi connectivity index (χ2v) is 4.38. The molecule has 0 saturated carbocycles. The number of aromatic carboxylic acids is 1. The number of carbonyl (C=O) groups is 2. The molecule has 1 rings (SSSR count). The second-order valence-electron chi connectivity index (χ2n) is 3.94. The standard InChI is InChI=1S/C12H14ClNO4/c1-7(2)18-6-11(15)14-10-4-8(12(16)17)3-9(13)5-10/h3-5,7H,6H2,1-2H3,(H,14,15)(H,16,17). The molecule has 5 nitrogen and oxygen atoms in total. The summed E-state index contributed by atoms with van der Waals surface area (Å²) < 4.78 is 5.12. The van der Waals surface area contributed by atoms with Gasteiger partial charge in [0, 0.05) is 10.7 Å². The lowest BCUT2D eigenvalue weighted by atomic mass is 10.2. The number of benzene rings is 1. The first-order valence-corrected chi connectivity index (χ1v) is 5.71. The second kappa shape index (κ2) is 6.37. The zero-order valence-electron chi connectivity index (χ0n) is 10.1. The Bertz CT molecular complexity index is 459. The number of rotatable bonds is 5. The Kier molecular flexibility index (Phi) is 5.12. The minimum absolute atomic E-state index is 0.0163. The molecule has 1 amide bonds. The maximum atomic E-state index is 11.5. The molecule has 0 atom stereocenters. The number of nitrogens with one attached hydrogen (secondary N) is 1. The van der Waals surface area contributed by atoms with Crippen LogP contribution < -0.4 is 5.32 Å². The van der Waals surface area contributed by atoms with E-state index in [4.69, 9.17) is 21.4 Å². The summed E-state index contributed by atoms with van der Waals surface area (Å²) in [5.74, 6) is -1.46. The van der Waals surface area contributed by atoms with E-state index < -0.39 is 5.97 Å². The van der Waals surface area contributed by atoms with Crippen molar-refractivity contribution in [1.82, 2.24) is 0 Å². The van der Waals surface area contributed by atoms with E-state index in [0.717, 1.165) is 0 Å². The molecule has 18 heavy (non-hydrogen) atoms. The van der Waals surface area contributed by atoms with Gasteiger partial charge in [0.05, 0.1) is 11.7 Å². The van der Waals surface area contributed by atoms with Gasteiger partial charge in [-0.05, 0) is 32.0 Å². The predicted octanol–water partition coefficient (Wildman–Crippen LogP) is 2.40. The Morgan fingerprint density at radius 1 is 1.39 bits per heavy atom. The molecule has 0 aliphatic rings. The fraction of sp³-hybridized carbons (Fsp3) is 0.333. The molecular weight excluding hydrogens is 258 g/mol. The van der Waals surface area contributed by atoms with E-state index >= 15 is 0 Å². The highest BCUT2D eigenvalue weighted by molar-refractivity contribution is 6.31. The Labute approximate surface area is 110 Å². The average molecular weight is 272 g/mol. The van der Waals surface area contributed by atoms with Crippen molar-refractivity contribution in [3.8, 4) is 0 Å².